The fraction of sp³-hybridized carbons (Fsp3) is 0.133. The van der Waals surface area contributed by atoms with E-state index in [-0.39, 0.29) is 18.1 Å². The van der Waals surface area contributed by atoms with Crippen LogP contribution in [-0.4, -0.2) is 31.4 Å². The first-order valence-electron chi connectivity index (χ1n) is 6.97. The van der Waals surface area contributed by atoms with E-state index in [1.165, 1.54) is 28.0 Å². The Bertz CT molecular complexity index is 930. The van der Waals surface area contributed by atoms with Crippen LogP contribution in [0.25, 0.3) is 5.69 Å². The number of rotatable bonds is 5. The van der Waals surface area contributed by atoms with E-state index in [9.17, 15) is 14.9 Å². The molecule has 3 rings (SSSR count). The third kappa shape index (κ3) is 2.86. The van der Waals surface area contributed by atoms with Crippen LogP contribution in [0.4, 0.5) is 5.82 Å². The lowest BCUT2D eigenvalue weighted by Gasteiger charge is -2.10. The molecular formula is C15H13N5O4. The summed E-state index contributed by atoms with van der Waals surface area (Å²) in [5, 5.41) is 11.2. The minimum absolute atomic E-state index is 0.172. The molecule has 0 N–H and O–H groups in total. The number of ether oxygens (including phenoxy) is 1. The van der Waals surface area contributed by atoms with Crippen molar-refractivity contribution >= 4 is 5.82 Å². The summed E-state index contributed by atoms with van der Waals surface area (Å²) < 4.78 is 7.72. The van der Waals surface area contributed by atoms with Gasteiger partial charge in [-0.15, -0.1) is 0 Å². The molecule has 0 radical (unpaired) electrons. The van der Waals surface area contributed by atoms with Gasteiger partial charge in [0.05, 0.1) is 13.7 Å². The normalized spacial score (nSPS) is 10.5. The molecule has 0 aliphatic heterocycles. The Hall–Kier alpha value is -3.49. The molecule has 0 amide bonds. The topological polar surface area (TPSA) is 105 Å². The van der Waals surface area contributed by atoms with Gasteiger partial charge in [-0.05, 0) is 39.7 Å². The van der Waals surface area contributed by atoms with Crippen LogP contribution < -0.4 is 10.4 Å². The summed E-state index contributed by atoms with van der Waals surface area (Å²) >= 11 is 0. The maximum atomic E-state index is 12.0. The van der Waals surface area contributed by atoms with Gasteiger partial charge in [-0.1, -0.05) is 12.1 Å². The van der Waals surface area contributed by atoms with Crippen LogP contribution in [0.15, 0.2) is 53.7 Å². The third-order valence-electron chi connectivity index (χ3n) is 3.44. The van der Waals surface area contributed by atoms with E-state index < -0.39 is 10.6 Å². The summed E-state index contributed by atoms with van der Waals surface area (Å²) in [6.07, 6.45) is 2.57. The number of nitrogens with zero attached hydrogens (tertiary/aromatic N) is 5. The molecule has 9 heteroatoms. The highest BCUT2D eigenvalue weighted by Crippen LogP contribution is 2.19. The Labute approximate surface area is 135 Å². The SMILES string of the molecule is COc1ccc(Cn2c(=O)ncn2-c2cccnc2[N+](=O)[O-])cc1. The average molecular weight is 327 g/mol. The average Bonchev–Trinajstić information content (AvgIpc) is 2.96. The fourth-order valence-corrected chi connectivity index (χ4v) is 2.27. The molecule has 0 unspecified atom stereocenters. The molecule has 0 fully saturated rings. The minimum Gasteiger partial charge on any atom is -0.497 e. The predicted octanol–water partition coefficient (Wildman–Crippen LogP) is 1.39. The number of benzene rings is 1. The number of nitro groups is 1. The quantitative estimate of drug-likeness (QED) is 0.518. The maximum absolute atomic E-state index is 12.0. The Morgan fingerprint density at radius 2 is 1.96 bits per heavy atom. The van der Waals surface area contributed by atoms with Crippen molar-refractivity contribution in [1.29, 1.82) is 0 Å². The van der Waals surface area contributed by atoms with E-state index >= 15 is 0 Å². The number of pyridine rings is 1. The van der Waals surface area contributed by atoms with Crippen molar-refractivity contribution in [3.8, 4) is 11.4 Å². The first kappa shape index (κ1) is 15.4. The molecule has 0 saturated heterocycles. The first-order valence-corrected chi connectivity index (χ1v) is 6.97. The number of hydrogen-bond donors (Lipinski definition) is 0. The minimum atomic E-state index is -0.600. The number of methoxy groups -OCH3 is 1. The molecule has 0 saturated carbocycles. The van der Waals surface area contributed by atoms with Crippen molar-refractivity contribution in [2.75, 3.05) is 7.11 Å². The summed E-state index contributed by atoms with van der Waals surface area (Å²) in [5.74, 6) is 0.348. The molecule has 0 bridgehead atoms. The van der Waals surface area contributed by atoms with Crippen LogP contribution in [-0.2, 0) is 6.54 Å². The molecule has 2 aromatic heterocycles. The van der Waals surface area contributed by atoms with Crippen molar-refractivity contribution in [2.45, 2.75) is 6.54 Å². The Kier molecular flexibility index (Phi) is 4.06. The Morgan fingerprint density at radius 3 is 2.62 bits per heavy atom. The summed E-state index contributed by atoms with van der Waals surface area (Å²) in [6, 6.07) is 10.2. The molecular weight excluding hydrogens is 314 g/mol. The largest absolute Gasteiger partial charge is 0.497 e. The lowest BCUT2D eigenvalue weighted by atomic mass is 10.2. The second kappa shape index (κ2) is 6.32. The van der Waals surface area contributed by atoms with Crippen LogP contribution in [0.2, 0.25) is 0 Å². The van der Waals surface area contributed by atoms with Gasteiger partial charge in [0.15, 0.2) is 5.69 Å². The van der Waals surface area contributed by atoms with E-state index in [1.54, 1.807) is 37.4 Å². The van der Waals surface area contributed by atoms with Gasteiger partial charge in [-0.2, -0.15) is 4.98 Å². The van der Waals surface area contributed by atoms with E-state index in [2.05, 4.69) is 9.97 Å². The highest BCUT2D eigenvalue weighted by atomic mass is 16.6. The second-order valence-corrected chi connectivity index (χ2v) is 4.88. The molecule has 1 aromatic carbocycles. The smallest absolute Gasteiger partial charge is 0.389 e. The van der Waals surface area contributed by atoms with Gasteiger partial charge in [0.2, 0.25) is 0 Å². The molecule has 3 aromatic rings. The van der Waals surface area contributed by atoms with Crippen molar-refractivity contribution in [2.24, 2.45) is 0 Å². The van der Waals surface area contributed by atoms with Gasteiger partial charge in [0, 0.05) is 0 Å². The van der Waals surface area contributed by atoms with Crippen LogP contribution >= 0.6 is 0 Å². The van der Waals surface area contributed by atoms with Gasteiger partial charge in [-0.3, -0.25) is 0 Å². The van der Waals surface area contributed by atoms with Crippen molar-refractivity contribution in [3.05, 3.63) is 75.1 Å². The zero-order valence-corrected chi connectivity index (χ0v) is 12.7. The second-order valence-electron chi connectivity index (χ2n) is 4.88. The van der Waals surface area contributed by atoms with Gasteiger partial charge in [0.1, 0.15) is 18.3 Å². The van der Waals surface area contributed by atoms with Crippen LogP contribution in [0.5, 0.6) is 5.75 Å². The molecule has 0 aliphatic rings. The molecule has 24 heavy (non-hydrogen) atoms. The molecule has 0 spiro atoms. The molecule has 9 nitrogen and oxygen atoms in total. The van der Waals surface area contributed by atoms with Crippen LogP contribution in [0, 0.1) is 10.1 Å². The molecule has 0 aliphatic carbocycles. The lowest BCUT2D eigenvalue weighted by Crippen LogP contribution is -2.24. The molecule has 0 atom stereocenters. The summed E-state index contributed by atoms with van der Waals surface area (Å²) in [4.78, 5) is 30.1. The monoisotopic (exact) mass is 327 g/mol. The van der Waals surface area contributed by atoms with Crippen LogP contribution in [0.1, 0.15) is 5.56 Å². The van der Waals surface area contributed by atoms with E-state index in [0.717, 1.165) is 5.56 Å². The standard InChI is InChI=1S/C15H13N5O4/c1-24-12-6-4-11(5-7-12)9-18-15(21)17-10-19(18)13-3-2-8-16-14(13)20(22)23/h2-8,10H,9H2,1H3. The number of aromatic nitrogens is 4. The lowest BCUT2D eigenvalue weighted by molar-refractivity contribution is -0.389. The maximum Gasteiger partial charge on any atom is 0.389 e. The van der Waals surface area contributed by atoms with Gasteiger partial charge >= 0.3 is 11.5 Å². The van der Waals surface area contributed by atoms with E-state index in [0.29, 0.717) is 5.75 Å². The van der Waals surface area contributed by atoms with Crippen molar-refractivity contribution in [3.63, 3.8) is 0 Å². The summed E-state index contributed by atoms with van der Waals surface area (Å²) in [5.41, 5.74) is 0.487. The van der Waals surface area contributed by atoms with Crippen molar-refractivity contribution in [1.82, 2.24) is 19.3 Å². The molecule has 122 valence electrons. The summed E-state index contributed by atoms with van der Waals surface area (Å²) in [7, 11) is 1.57. The Morgan fingerprint density at radius 1 is 1.21 bits per heavy atom. The highest BCUT2D eigenvalue weighted by Gasteiger charge is 2.19. The van der Waals surface area contributed by atoms with Gasteiger partial charge < -0.3 is 14.9 Å². The van der Waals surface area contributed by atoms with Crippen LogP contribution in [0.3, 0.4) is 0 Å². The summed E-state index contributed by atoms with van der Waals surface area (Å²) in [6.45, 7) is 0.203. The predicted molar refractivity (Wildman–Crippen MR) is 84.4 cm³/mol. The highest BCUT2D eigenvalue weighted by molar-refractivity contribution is 5.45. The zero-order chi connectivity index (χ0) is 17.1. The van der Waals surface area contributed by atoms with Gasteiger partial charge in [0.25, 0.3) is 0 Å². The molecule has 2 heterocycles. The van der Waals surface area contributed by atoms with Gasteiger partial charge in [-0.25, -0.2) is 14.2 Å². The van der Waals surface area contributed by atoms with E-state index in [1.807, 2.05) is 0 Å². The Balaban J connectivity index is 2.03. The van der Waals surface area contributed by atoms with E-state index in [4.69, 9.17) is 4.74 Å². The fourth-order valence-electron chi connectivity index (χ4n) is 2.27. The number of hydrogen-bond acceptors (Lipinski definition) is 6. The zero-order valence-electron chi connectivity index (χ0n) is 12.7. The first-order chi connectivity index (χ1) is 11.6. The third-order valence-corrected chi connectivity index (χ3v) is 3.44. The van der Waals surface area contributed by atoms with Crippen molar-refractivity contribution < 1.29 is 9.66 Å².